The van der Waals surface area contributed by atoms with Gasteiger partial charge in [-0.15, -0.1) is 0 Å². The van der Waals surface area contributed by atoms with Crippen LogP contribution in [0.25, 0.3) is 0 Å². The molecule has 0 aliphatic heterocycles. The summed E-state index contributed by atoms with van der Waals surface area (Å²) in [5, 5.41) is 10.6. The topological polar surface area (TPSA) is 75.6 Å². The lowest BCUT2D eigenvalue weighted by Gasteiger charge is -2.41. The van der Waals surface area contributed by atoms with Gasteiger partial charge in [0.2, 0.25) is 10.0 Å². The average Bonchev–Trinajstić information content (AvgIpc) is 2.49. The van der Waals surface area contributed by atoms with Crippen molar-refractivity contribution in [3.63, 3.8) is 0 Å². The highest BCUT2D eigenvalue weighted by atomic mass is 32.2. The van der Waals surface area contributed by atoms with Gasteiger partial charge < -0.3 is 9.84 Å². The van der Waals surface area contributed by atoms with Gasteiger partial charge in [-0.05, 0) is 44.4 Å². The van der Waals surface area contributed by atoms with Crippen LogP contribution in [0.1, 0.15) is 45.1 Å². The van der Waals surface area contributed by atoms with Gasteiger partial charge in [-0.1, -0.05) is 25.0 Å². The van der Waals surface area contributed by atoms with Gasteiger partial charge in [0, 0.05) is 0 Å². The van der Waals surface area contributed by atoms with E-state index in [1.165, 1.54) is 0 Å². The summed E-state index contributed by atoms with van der Waals surface area (Å²) in [6.45, 7) is 3.27. The number of sulfonamides is 1. The predicted molar refractivity (Wildman–Crippen MR) is 86.3 cm³/mol. The van der Waals surface area contributed by atoms with Gasteiger partial charge in [0.25, 0.3) is 0 Å². The lowest BCUT2D eigenvalue weighted by molar-refractivity contribution is -0.0250. The van der Waals surface area contributed by atoms with Crippen molar-refractivity contribution >= 4 is 10.0 Å². The van der Waals surface area contributed by atoms with Crippen molar-refractivity contribution < 1.29 is 18.3 Å². The Morgan fingerprint density at radius 2 is 1.91 bits per heavy atom. The van der Waals surface area contributed by atoms with Gasteiger partial charge in [-0.25, -0.2) is 13.1 Å². The smallest absolute Gasteiger partial charge is 0.214 e. The van der Waals surface area contributed by atoms with Crippen LogP contribution in [0.15, 0.2) is 24.3 Å². The number of aliphatic hydroxyl groups is 1. The van der Waals surface area contributed by atoms with E-state index >= 15 is 0 Å². The molecule has 2 atom stereocenters. The summed E-state index contributed by atoms with van der Waals surface area (Å²) in [6, 6.07) is 6.69. The molecular formula is C16H25NO4S. The van der Waals surface area contributed by atoms with Crippen LogP contribution in [-0.4, -0.2) is 31.9 Å². The van der Waals surface area contributed by atoms with Gasteiger partial charge in [-0.2, -0.15) is 0 Å². The zero-order chi connectivity index (χ0) is 16.4. The molecule has 5 nitrogen and oxygen atoms in total. The van der Waals surface area contributed by atoms with E-state index in [2.05, 4.69) is 4.72 Å². The van der Waals surface area contributed by atoms with Crippen molar-refractivity contribution in [3.05, 3.63) is 29.8 Å². The summed E-state index contributed by atoms with van der Waals surface area (Å²) in [5.41, 5.74) is -0.448. The van der Waals surface area contributed by atoms with Gasteiger partial charge in [0.15, 0.2) is 0 Å². The minimum absolute atomic E-state index is 0.498. The summed E-state index contributed by atoms with van der Waals surface area (Å²) < 4.78 is 32.2. The van der Waals surface area contributed by atoms with Gasteiger partial charge in [-0.3, -0.25) is 0 Å². The third kappa shape index (κ3) is 3.45. The monoisotopic (exact) mass is 327 g/mol. The Morgan fingerprint density at radius 3 is 2.45 bits per heavy atom. The van der Waals surface area contributed by atoms with Crippen LogP contribution in [0, 0.1) is 0 Å². The first-order valence-corrected chi connectivity index (χ1v) is 9.22. The first-order chi connectivity index (χ1) is 10.3. The predicted octanol–water partition coefficient (Wildman–Crippen LogP) is 2.15. The maximum atomic E-state index is 12.2. The number of rotatable bonds is 5. The van der Waals surface area contributed by atoms with Crippen LogP contribution < -0.4 is 9.46 Å². The molecule has 6 heteroatoms. The molecule has 1 aromatic rings. The Labute approximate surface area is 132 Å². The quantitative estimate of drug-likeness (QED) is 0.869. The van der Waals surface area contributed by atoms with Gasteiger partial charge >= 0.3 is 0 Å². The Balaban J connectivity index is 2.31. The first kappa shape index (κ1) is 17.2. The van der Waals surface area contributed by atoms with Crippen LogP contribution in [-0.2, 0) is 15.6 Å². The largest absolute Gasteiger partial charge is 0.497 e. The molecule has 1 aliphatic carbocycles. The highest BCUT2D eigenvalue weighted by molar-refractivity contribution is 7.90. The van der Waals surface area contributed by atoms with Crippen molar-refractivity contribution in [2.45, 2.75) is 56.4 Å². The number of hydrogen-bond donors (Lipinski definition) is 2. The van der Waals surface area contributed by atoms with E-state index in [1.54, 1.807) is 45.2 Å². The molecule has 0 bridgehead atoms. The molecule has 0 spiro atoms. The van der Waals surface area contributed by atoms with E-state index in [4.69, 9.17) is 4.74 Å². The lowest BCUT2D eigenvalue weighted by atomic mass is 9.76. The Hall–Kier alpha value is -1.11. The van der Waals surface area contributed by atoms with Crippen molar-refractivity contribution in [3.8, 4) is 5.75 Å². The van der Waals surface area contributed by atoms with Crippen LogP contribution in [0.5, 0.6) is 5.75 Å². The van der Waals surface area contributed by atoms with Crippen LogP contribution in [0.2, 0.25) is 0 Å². The Morgan fingerprint density at radius 1 is 1.27 bits per heavy atom. The van der Waals surface area contributed by atoms with Gasteiger partial charge in [0.1, 0.15) is 11.4 Å². The summed E-state index contributed by atoms with van der Waals surface area (Å²) in [7, 11) is -1.84. The first-order valence-electron chi connectivity index (χ1n) is 7.67. The Kier molecular flexibility index (Phi) is 5.14. The molecule has 0 radical (unpaired) electrons. The fourth-order valence-electron chi connectivity index (χ4n) is 2.87. The number of benzene rings is 1. The second-order valence-electron chi connectivity index (χ2n) is 6.16. The molecule has 2 rings (SSSR count). The summed E-state index contributed by atoms with van der Waals surface area (Å²) in [6.07, 6.45) is 2.96. The number of hydrogen-bond acceptors (Lipinski definition) is 4. The Bertz CT molecular complexity index is 597. The summed E-state index contributed by atoms with van der Waals surface area (Å²) in [4.78, 5) is 0. The minimum atomic E-state index is -3.42. The minimum Gasteiger partial charge on any atom is -0.497 e. The second kappa shape index (κ2) is 6.56. The molecule has 0 heterocycles. The maximum absolute atomic E-state index is 12.2. The van der Waals surface area contributed by atoms with E-state index in [0.29, 0.717) is 18.6 Å². The molecule has 0 unspecified atom stereocenters. The highest BCUT2D eigenvalue weighted by Gasteiger charge is 2.42. The zero-order valence-electron chi connectivity index (χ0n) is 13.4. The molecule has 2 N–H and O–H groups in total. The molecule has 1 aromatic carbocycles. The molecule has 0 aromatic heterocycles. The normalized spacial score (nSPS) is 26.1. The fourth-order valence-corrected chi connectivity index (χ4v) is 3.85. The molecule has 1 fully saturated rings. The van der Waals surface area contributed by atoms with Crippen LogP contribution in [0.3, 0.4) is 0 Å². The molecule has 1 saturated carbocycles. The third-order valence-corrected chi connectivity index (χ3v) is 6.25. The maximum Gasteiger partial charge on any atom is 0.214 e. The molecule has 0 amide bonds. The van der Waals surface area contributed by atoms with Crippen molar-refractivity contribution in [1.29, 1.82) is 0 Å². The van der Waals surface area contributed by atoms with Crippen molar-refractivity contribution in [2.24, 2.45) is 0 Å². The highest BCUT2D eigenvalue weighted by Crippen LogP contribution is 2.38. The van der Waals surface area contributed by atoms with Crippen LogP contribution in [0.4, 0.5) is 0 Å². The number of nitrogens with one attached hydrogen (secondary N) is 1. The lowest BCUT2D eigenvalue weighted by Crippen LogP contribution is -2.53. The molecule has 1 aliphatic rings. The molecular weight excluding hydrogens is 302 g/mol. The SMILES string of the molecule is COc1ccc([C@@]2(O)CCCC[C@H]2NS(=O)(=O)C(C)C)cc1. The van der Waals surface area contributed by atoms with Crippen LogP contribution >= 0.6 is 0 Å². The standard InChI is InChI=1S/C16H25NO4S/c1-12(2)22(19,20)17-15-6-4-5-11-16(15,18)13-7-9-14(21-3)10-8-13/h7-10,12,15,17-18H,4-6,11H2,1-3H3/t15-,16+/m1/s1. The van der Waals surface area contributed by atoms with E-state index in [9.17, 15) is 13.5 Å². The number of ether oxygens (including phenoxy) is 1. The molecule has 22 heavy (non-hydrogen) atoms. The van der Waals surface area contributed by atoms with E-state index in [0.717, 1.165) is 18.4 Å². The zero-order valence-corrected chi connectivity index (χ0v) is 14.2. The van der Waals surface area contributed by atoms with Gasteiger partial charge in [0.05, 0.1) is 18.4 Å². The number of methoxy groups -OCH3 is 1. The third-order valence-electron chi connectivity index (χ3n) is 4.39. The van der Waals surface area contributed by atoms with Crippen molar-refractivity contribution in [2.75, 3.05) is 7.11 Å². The summed E-state index contributed by atoms with van der Waals surface area (Å²) >= 11 is 0. The van der Waals surface area contributed by atoms with E-state index < -0.39 is 26.9 Å². The molecule has 124 valence electrons. The van der Waals surface area contributed by atoms with Crippen molar-refractivity contribution in [1.82, 2.24) is 4.72 Å². The second-order valence-corrected chi connectivity index (χ2v) is 8.43. The van der Waals surface area contributed by atoms with E-state index in [1.807, 2.05) is 0 Å². The summed E-state index contributed by atoms with van der Waals surface area (Å²) in [5.74, 6) is 0.711. The van der Waals surface area contributed by atoms with E-state index in [-0.39, 0.29) is 0 Å². The fraction of sp³-hybridized carbons (Fsp3) is 0.625. The average molecular weight is 327 g/mol. The molecule has 0 saturated heterocycles.